The van der Waals surface area contributed by atoms with Crippen LogP contribution < -0.4 is 4.74 Å². The van der Waals surface area contributed by atoms with Crippen molar-refractivity contribution >= 4 is 44.6 Å². The van der Waals surface area contributed by atoms with Crippen LogP contribution in [-0.4, -0.2) is 37.3 Å². The second kappa shape index (κ2) is 6.99. The molecule has 0 amide bonds. The second-order valence-electron chi connectivity index (χ2n) is 3.64. The maximum Gasteiger partial charge on any atom is 0.338 e. The minimum absolute atomic E-state index is 0.0879. The van der Waals surface area contributed by atoms with Gasteiger partial charge in [0.05, 0.1) is 25.0 Å². The van der Waals surface area contributed by atoms with Gasteiger partial charge in [-0.2, -0.15) is 0 Å². The van der Waals surface area contributed by atoms with Gasteiger partial charge in [0, 0.05) is 6.92 Å². The summed E-state index contributed by atoms with van der Waals surface area (Å²) in [5.74, 6) is -1.94. The molecular formula is C11H10IO7S-. The van der Waals surface area contributed by atoms with Gasteiger partial charge >= 0.3 is 11.9 Å². The molecule has 0 bridgehead atoms. The van der Waals surface area contributed by atoms with Crippen LogP contribution in [0.1, 0.15) is 17.3 Å². The number of ether oxygens (including phenoxy) is 2. The van der Waals surface area contributed by atoms with Gasteiger partial charge in [0.1, 0.15) is 12.4 Å². The lowest BCUT2D eigenvalue weighted by Crippen LogP contribution is -2.15. The van der Waals surface area contributed by atoms with Gasteiger partial charge in [0.25, 0.3) is 0 Å². The summed E-state index contributed by atoms with van der Waals surface area (Å²) in [6, 6.07) is 4.28. The fourth-order valence-corrected chi connectivity index (χ4v) is 1.92. The fraction of sp³-hybridized carbons (Fsp3) is 0.273. The van der Waals surface area contributed by atoms with Gasteiger partial charge in [-0.1, -0.05) is 0 Å². The lowest BCUT2D eigenvalue weighted by Gasteiger charge is -2.09. The van der Waals surface area contributed by atoms with E-state index in [-0.39, 0.29) is 11.3 Å². The van der Waals surface area contributed by atoms with E-state index in [1.807, 2.05) is 22.6 Å². The van der Waals surface area contributed by atoms with Crippen molar-refractivity contribution in [1.29, 1.82) is 0 Å². The van der Waals surface area contributed by atoms with E-state index in [0.29, 0.717) is 3.57 Å². The van der Waals surface area contributed by atoms with Crippen LogP contribution in [0.5, 0.6) is 5.75 Å². The molecule has 0 radical (unpaired) electrons. The number of rotatable bonds is 5. The lowest BCUT2D eigenvalue weighted by molar-refractivity contribution is -0.131. The molecule has 0 aliphatic rings. The van der Waals surface area contributed by atoms with E-state index in [4.69, 9.17) is 4.74 Å². The minimum Gasteiger partial charge on any atom is -0.748 e. The van der Waals surface area contributed by atoms with E-state index < -0.39 is 34.4 Å². The van der Waals surface area contributed by atoms with Crippen LogP contribution in [0.15, 0.2) is 18.2 Å². The average Bonchev–Trinajstić information content (AvgIpc) is 2.29. The van der Waals surface area contributed by atoms with Crippen molar-refractivity contribution in [2.75, 3.05) is 12.4 Å². The molecule has 20 heavy (non-hydrogen) atoms. The van der Waals surface area contributed by atoms with E-state index >= 15 is 0 Å². The predicted molar refractivity (Wildman–Crippen MR) is 75.3 cm³/mol. The van der Waals surface area contributed by atoms with Crippen molar-refractivity contribution in [3.8, 4) is 5.75 Å². The first kappa shape index (κ1) is 16.9. The molecule has 1 aromatic rings. The van der Waals surface area contributed by atoms with E-state index in [1.165, 1.54) is 19.1 Å². The highest BCUT2D eigenvalue weighted by Crippen LogP contribution is 2.23. The Morgan fingerprint density at radius 1 is 1.35 bits per heavy atom. The van der Waals surface area contributed by atoms with E-state index in [9.17, 15) is 22.6 Å². The summed E-state index contributed by atoms with van der Waals surface area (Å²) in [4.78, 5) is 22.5. The number of esters is 2. The lowest BCUT2D eigenvalue weighted by atomic mass is 10.2. The van der Waals surface area contributed by atoms with Crippen LogP contribution in [-0.2, 0) is 19.6 Å². The smallest absolute Gasteiger partial charge is 0.338 e. The highest BCUT2D eigenvalue weighted by Gasteiger charge is 2.12. The fourth-order valence-electron chi connectivity index (χ4n) is 1.18. The Bertz CT molecular complexity index is 624. The van der Waals surface area contributed by atoms with Crippen molar-refractivity contribution in [3.63, 3.8) is 0 Å². The Kier molecular flexibility index (Phi) is 5.89. The summed E-state index contributed by atoms with van der Waals surface area (Å²) in [6.07, 6.45) is 0. The molecule has 0 saturated carbocycles. The normalized spacial score (nSPS) is 10.9. The highest BCUT2D eigenvalue weighted by atomic mass is 127. The molecule has 1 aromatic carbocycles. The predicted octanol–water partition coefficient (Wildman–Crippen LogP) is 0.918. The minimum atomic E-state index is -4.43. The third kappa shape index (κ3) is 5.84. The molecule has 0 unspecified atom stereocenters. The highest BCUT2D eigenvalue weighted by molar-refractivity contribution is 14.1. The first-order chi connectivity index (χ1) is 9.19. The molecule has 0 atom stereocenters. The molecule has 0 saturated heterocycles. The van der Waals surface area contributed by atoms with Gasteiger partial charge < -0.3 is 14.0 Å². The van der Waals surface area contributed by atoms with Crippen molar-refractivity contribution in [2.45, 2.75) is 6.92 Å². The molecule has 0 aromatic heterocycles. The van der Waals surface area contributed by atoms with Gasteiger partial charge in [-0.15, -0.1) is 0 Å². The van der Waals surface area contributed by atoms with Crippen LogP contribution in [0.25, 0.3) is 0 Å². The van der Waals surface area contributed by atoms with Crippen LogP contribution in [0.3, 0.4) is 0 Å². The number of halogens is 1. The molecule has 0 spiro atoms. The van der Waals surface area contributed by atoms with E-state index in [2.05, 4.69) is 4.74 Å². The molecule has 110 valence electrons. The SMILES string of the molecule is CC(=O)Oc1cc(C(=O)OCCS(=O)(=O)[O-])ccc1I. The summed E-state index contributed by atoms with van der Waals surface area (Å²) in [5, 5.41) is 0. The molecule has 1 rings (SSSR count). The first-order valence-electron chi connectivity index (χ1n) is 5.27. The molecule has 0 aliphatic carbocycles. The maximum absolute atomic E-state index is 11.6. The number of hydrogen-bond acceptors (Lipinski definition) is 7. The van der Waals surface area contributed by atoms with Gasteiger partial charge in [0.2, 0.25) is 0 Å². The maximum atomic E-state index is 11.6. The zero-order chi connectivity index (χ0) is 15.3. The van der Waals surface area contributed by atoms with Crippen LogP contribution >= 0.6 is 22.6 Å². The first-order valence-corrected chi connectivity index (χ1v) is 7.93. The molecule has 0 N–H and O–H groups in total. The third-order valence-corrected chi connectivity index (χ3v) is 3.54. The van der Waals surface area contributed by atoms with Crippen LogP contribution in [0.4, 0.5) is 0 Å². The standard InChI is InChI=1S/C11H11IO7S/c1-7(13)19-10-6-8(2-3-9(10)12)11(14)18-4-5-20(15,16)17/h2-3,6H,4-5H2,1H3,(H,15,16,17)/p-1. The molecule has 9 heteroatoms. The quantitative estimate of drug-likeness (QED) is 0.306. The zero-order valence-corrected chi connectivity index (χ0v) is 13.3. The van der Waals surface area contributed by atoms with E-state index in [1.54, 1.807) is 6.07 Å². The average molecular weight is 413 g/mol. The second-order valence-corrected chi connectivity index (χ2v) is 6.32. The summed E-state index contributed by atoms with van der Waals surface area (Å²) >= 11 is 1.92. The topological polar surface area (TPSA) is 110 Å². The summed E-state index contributed by atoms with van der Waals surface area (Å²) in [6.45, 7) is 0.694. The number of benzene rings is 1. The molecular weight excluding hydrogens is 403 g/mol. The Labute approximate surface area is 129 Å². The van der Waals surface area contributed by atoms with Crippen molar-refractivity contribution < 1.29 is 32.0 Å². The van der Waals surface area contributed by atoms with Crippen LogP contribution in [0, 0.1) is 3.57 Å². The largest absolute Gasteiger partial charge is 0.748 e. The summed E-state index contributed by atoms with van der Waals surface area (Å²) < 4.78 is 41.3. The van der Waals surface area contributed by atoms with Gasteiger partial charge in [-0.05, 0) is 40.8 Å². The summed E-state index contributed by atoms with van der Waals surface area (Å²) in [7, 11) is -4.43. The Morgan fingerprint density at radius 2 is 2.00 bits per heavy atom. The third-order valence-electron chi connectivity index (χ3n) is 1.99. The van der Waals surface area contributed by atoms with Gasteiger partial charge in [-0.3, -0.25) is 4.79 Å². The van der Waals surface area contributed by atoms with E-state index in [0.717, 1.165) is 0 Å². The Hall–Kier alpha value is -1.20. The Morgan fingerprint density at radius 3 is 2.55 bits per heavy atom. The monoisotopic (exact) mass is 413 g/mol. The van der Waals surface area contributed by atoms with Crippen molar-refractivity contribution in [2.24, 2.45) is 0 Å². The number of hydrogen-bond donors (Lipinski definition) is 0. The molecule has 0 aliphatic heterocycles. The van der Waals surface area contributed by atoms with Crippen molar-refractivity contribution in [3.05, 3.63) is 27.3 Å². The molecule has 7 nitrogen and oxygen atoms in total. The Balaban J connectivity index is 2.76. The number of carbonyl (C=O) groups is 2. The zero-order valence-electron chi connectivity index (χ0n) is 10.3. The summed E-state index contributed by atoms with van der Waals surface area (Å²) in [5.41, 5.74) is 0.0879. The molecule has 0 fully saturated rings. The van der Waals surface area contributed by atoms with Crippen LogP contribution in [0.2, 0.25) is 0 Å². The van der Waals surface area contributed by atoms with Gasteiger partial charge in [-0.25, -0.2) is 13.2 Å². The molecule has 0 heterocycles. The van der Waals surface area contributed by atoms with Crippen molar-refractivity contribution in [1.82, 2.24) is 0 Å². The number of carbonyl (C=O) groups excluding carboxylic acids is 2. The van der Waals surface area contributed by atoms with Gasteiger partial charge in [0.15, 0.2) is 0 Å².